The molecule has 0 radical (unpaired) electrons. The number of aromatic nitrogens is 1. The van der Waals surface area contributed by atoms with Gasteiger partial charge in [0.1, 0.15) is 5.03 Å². The van der Waals surface area contributed by atoms with Crippen molar-refractivity contribution in [1.29, 1.82) is 0 Å². The molecule has 1 aromatic heterocycles. The van der Waals surface area contributed by atoms with E-state index in [0.717, 1.165) is 25.7 Å². The number of aryl methyl sites for hydroxylation is 2. The van der Waals surface area contributed by atoms with Gasteiger partial charge >= 0.3 is 0 Å². The van der Waals surface area contributed by atoms with Crippen molar-refractivity contribution in [3.63, 3.8) is 0 Å². The van der Waals surface area contributed by atoms with Gasteiger partial charge in [-0.05, 0) is 49.2 Å². The number of nitrogens with two attached hydrogens (primary N) is 1. The zero-order chi connectivity index (χ0) is 13.1. The summed E-state index contributed by atoms with van der Waals surface area (Å²) in [6.45, 7) is 4.66. The van der Waals surface area contributed by atoms with Crippen LogP contribution in [0.1, 0.15) is 16.8 Å². The Morgan fingerprint density at radius 1 is 1.22 bits per heavy atom. The molecular weight excluding hydrogens is 308 g/mol. The highest BCUT2D eigenvalue weighted by atomic mass is 79.9. The Kier molecular flexibility index (Phi) is 4.43. The summed E-state index contributed by atoms with van der Waals surface area (Å²) in [5.41, 5.74) is 9.05. The summed E-state index contributed by atoms with van der Waals surface area (Å²) in [5, 5.41) is 1.03. The summed E-state index contributed by atoms with van der Waals surface area (Å²) in [6.07, 6.45) is 0. The minimum Gasteiger partial charge on any atom is -0.326 e. The fourth-order valence-corrected chi connectivity index (χ4v) is 3.42. The number of benzene rings is 1. The molecule has 2 N–H and O–H groups in total. The van der Waals surface area contributed by atoms with Crippen molar-refractivity contribution in [3.8, 4) is 0 Å². The van der Waals surface area contributed by atoms with Gasteiger partial charge in [0, 0.05) is 21.6 Å². The molecule has 0 fully saturated rings. The van der Waals surface area contributed by atoms with Gasteiger partial charge in [-0.25, -0.2) is 4.98 Å². The second kappa shape index (κ2) is 5.87. The molecule has 0 atom stereocenters. The van der Waals surface area contributed by atoms with Gasteiger partial charge in [-0.1, -0.05) is 33.8 Å². The zero-order valence-electron chi connectivity index (χ0n) is 10.4. The SMILES string of the molecule is Cc1cc(C)nc(Sc2ccc(CN)c(Br)c2)c1. The maximum absolute atomic E-state index is 5.64. The second-order valence-corrected chi connectivity index (χ2v) is 6.13. The second-order valence-electron chi connectivity index (χ2n) is 4.18. The Bertz CT molecular complexity index is 549. The third-order valence-electron chi connectivity index (χ3n) is 2.54. The molecule has 2 nitrogen and oxygen atoms in total. The predicted octanol–water partition coefficient (Wildman–Crippen LogP) is 4.07. The lowest BCUT2D eigenvalue weighted by Gasteiger charge is -2.06. The lowest BCUT2D eigenvalue weighted by molar-refractivity contribution is 1.04. The van der Waals surface area contributed by atoms with E-state index in [-0.39, 0.29) is 0 Å². The van der Waals surface area contributed by atoms with Crippen LogP contribution in [0.2, 0.25) is 0 Å². The van der Waals surface area contributed by atoms with Gasteiger partial charge in [-0.3, -0.25) is 0 Å². The van der Waals surface area contributed by atoms with Crippen LogP contribution in [-0.4, -0.2) is 4.98 Å². The van der Waals surface area contributed by atoms with Gasteiger partial charge in [-0.15, -0.1) is 0 Å². The summed E-state index contributed by atoms with van der Waals surface area (Å²) >= 11 is 5.20. The van der Waals surface area contributed by atoms with Crippen molar-refractivity contribution < 1.29 is 0 Å². The maximum Gasteiger partial charge on any atom is 0.101 e. The van der Waals surface area contributed by atoms with E-state index in [4.69, 9.17) is 5.73 Å². The van der Waals surface area contributed by atoms with Crippen LogP contribution in [0.4, 0.5) is 0 Å². The van der Waals surface area contributed by atoms with Gasteiger partial charge in [-0.2, -0.15) is 0 Å². The van der Waals surface area contributed by atoms with Crippen LogP contribution in [0.15, 0.2) is 44.7 Å². The monoisotopic (exact) mass is 322 g/mol. The number of hydrogen-bond donors (Lipinski definition) is 1. The fraction of sp³-hybridized carbons (Fsp3) is 0.214. The first-order chi connectivity index (χ1) is 8.58. The van der Waals surface area contributed by atoms with E-state index in [2.05, 4.69) is 58.2 Å². The number of hydrogen-bond acceptors (Lipinski definition) is 3. The van der Waals surface area contributed by atoms with Crippen molar-refractivity contribution in [1.82, 2.24) is 4.98 Å². The molecule has 0 bridgehead atoms. The van der Waals surface area contributed by atoms with Crippen LogP contribution in [0.5, 0.6) is 0 Å². The predicted molar refractivity (Wildman–Crippen MR) is 79.9 cm³/mol. The van der Waals surface area contributed by atoms with Crippen LogP contribution in [0, 0.1) is 13.8 Å². The lowest BCUT2D eigenvalue weighted by atomic mass is 10.2. The molecule has 2 aromatic rings. The molecule has 0 saturated carbocycles. The van der Waals surface area contributed by atoms with E-state index in [9.17, 15) is 0 Å². The highest BCUT2D eigenvalue weighted by molar-refractivity contribution is 9.10. The molecule has 0 aliphatic rings. The molecule has 0 saturated heterocycles. The Balaban J connectivity index is 2.25. The molecule has 1 aromatic carbocycles. The van der Waals surface area contributed by atoms with E-state index in [1.165, 1.54) is 5.56 Å². The van der Waals surface area contributed by atoms with Crippen LogP contribution in [-0.2, 0) is 6.54 Å². The first-order valence-corrected chi connectivity index (χ1v) is 7.31. The van der Waals surface area contributed by atoms with E-state index in [1.54, 1.807) is 11.8 Å². The van der Waals surface area contributed by atoms with Crippen LogP contribution in [0.25, 0.3) is 0 Å². The molecule has 2 rings (SSSR count). The summed E-state index contributed by atoms with van der Waals surface area (Å²) in [5.74, 6) is 0. The number of halogens is 1. The van der Waals surface area contributed by atoms with Gasteiger partial charge in [0.2, 0.25) is 0 Å². The largest absolute Gasteiger partial charge is 0.326 e. The van der Waals surface area contributed by atoms with Crippen LogP contribution in [0.3, 0.4) is 0 Å². The van der Waals surface area contributed by atoms with Crippen molar-refractivity contribution in [2.24, 2.45) is 5.73 Å². The zero-order valence-corrected chi connectivity index (χ0v) is 12.8. The van der Waals surface area contributed by atoms with E-state index in [1.807, 2.05) is 6.92 Å². The molecule has 18 heavy (non-hydrogen) atoms. The third-order valence-corrected chi connectivity index (χ3v) is 4.19. The van der Waals surface area contributed by atoms with E-state index < -0.39 is 0 Å². The Morgan fingerprint density at radius 2 is 2.00 bits per heavy atom. The average molecular weight is 323 g/mol. The fourth-order valence-electron chi connectivity index (χ4n) is 1.73. The van der Waals surface area contributed by atoms with Crippen molar-refractivity contribution in [2.45, 2.75) is 30.3 Å². The highest BCUT2D eigenvalue weighted by Crippen LogP contribution is 2.30. The first-order valence-electron chi connectivity index (χ1n) is 5.70. The lowest BCUT2D eigenvalue weighted by Crippen LogP contribution is -1.97. The smallest absolute Gasteiger partial charge is 0.101 e. The van der Waals surface area contributed by atoms with Crippen molar-refractivity contribution >= 4 is 27.7 Å². The molecule has 0 unspecified atom stereocenters. The molecule has 0 spiro atoms. The topological polar surface area (TPSA) is 38.9 Å². The quantitative estimate of drug-likeness (QED) is 0.925. The summed E-state index contributed by atoms with van der Waals surface area (Å²) < 4.78 is 1.05. The minimum atomic E-state index is 0.549. The standard InChI is InChI=1S/C14H15BrN2S/c1-9-5-10(2)17-14(6-9)18-12-4-3-11(8-16)13(15)7-12/h3-7H,8,16H2,1-2H3. The maximum atomic E-state index is 5.64. The summed E-state index contributed by atoms with van der Waals surface area (Å²) in [4.78, 5) is 5.69. The molecule has 0 aliphatic carbocycles. The number of rotatable bonds is 3. The Hall–Kier alpha value is -0.840. The molecular formula is C14H15BrN2S. The average Bonchev–Trinajstić information content (AvgIpc) is 2.27. The van der Waals surface area contributed by atoms with Crippen molar-refractivity contribution in [3.05, 3.63) is 51.6 Å². The van der Waals surface area contributed by atoms with Gasteiger partial charge in [0.05, 0.1) is 0 Å². The number of pyridine rings is 1. The molecule has 1 heterocycles. The molecule has 0 aliphatic heterocycles. The Morgan fingerprint density at radius 3 is 2.61 bits per heavy atom. The van der Waals surface area contributed by atoms with Gasteiger partial charge < -0.3 is 5.73 Å². The summed E-state index contributed by atoms with van der Waals surface area (Å²) in [7, 11) is 0. The van der Waals surface area contributed by atoms with Crippen molar-refractivity contribution in [2.75, 3.05) is 0 Å². The van der Waals surface area contributed by atoms with Gasteiger partial charge in [0.25, 0.3) is 0 Å². The molecule has 4 heteroatoms. The van der Waals surface area contributed by atoms with Crippen LogP contribution < -0.4 is 5.73 Å². The Labute approximate surface area is 120 Å². The number of nitrogens with zero attached hydrogens (tertiary/aromatic N) is 1. The minimum absolute atomic E-state index is 0.549. The normalized spacial score (nSPS) is 10.7. The first kappa shape index (κ1) is 13.6. The summed E-state index contributed by atoms with van der Waals surface area (Å²) in [6, 6.07) is 10.4. The third kappa shape index (κ3) is 3.34. The molecule has 0 amide bonds. The van der Waals surface area contributed by atoms with Crippen LogP contribution >= 0.6 is 27.7 Å². The van der Waals surface area contributed by atoms with E-state index in [0.29, 0.717) is 6.54 Å². The highest BCUT2D eigenvalue weighted by Gasteiger charge is 2.04. The van der Waals surface area contributed by atoms with E-state index >= 15 is 0 Å². The van der Waals surface area contributed by atoms with Gasteiger partial charge in [0.15, 0.2) is 0 Å². The molecule has 94 valence electrons.